The van der Waals surface area contributed by atoms with Gasteiger partial charge < -0.3 is 13.3 Å². The van der Waals surface area contributed by atoms with Gasteiger partial charge >= 0.3 is 8.32 Å². The summed E-state index contributed by atoms with van der Waals surface area (Å²) < 4.78 is 16.4. The van der Waals surface area contributed by atoms with Gasteiger partial charge in [0, 0.05) is 21.3 Å². The lowest BCUT2D eigenvalue weighted by Gasteiger charge is -2.24. The molecule has 0 aromatic heterocycles. The molecule has 0 unspecified atom stereocenters. The fraction of sp³-hybridized carbons (Fsp3) is 1.00. The molecule has 0 aliphatic carbocycles. The molecular formula is C21H46O3Si2. The average Bonchev–Trinajstić information content (AvgIpc) is 2.68. The van der Waals surface area contributed by atoms with E-state index in [1.165, 1.54) is 109 Å². The van der Waals surface area contributed by atoms with Crippen LogP contribution in [0, 0.1) is 0 Å². The Bertz CT molecular complexity index is 266. The third kappa shape index (κ3) is 15.4. The van der Waals surface area contributed by atoms with Crippen molar-refractivity contribution in [3.8, 4) is 0 Å². The lowest BCUT2D eigenvalue weighted by Crippen LogP contribution is -2.49. The van der Waals surface area contributed by atoms with Crippen LogP contribution in [-0.2, 0) is 13.3 Å². The van der Waals surface area contributed by atoms with Crippen LogP contribution in [0.1, 0.15) is 110 Å². The van der Waals surface area contributed by atoms with Crippen molar-refractivity contribution in [1.29, 1.82) is 0 Å². The van der Waals surface area contributed by atoms with Crippen molar-refractivity contribution in [1.82, 2.24) is 0 Å². The van der Waals surface area contributed by atoms with Gasteiger partial charge in [0.2, 0.25) is 0 Å². The first kappa shape index (κ1) is 26.3. The van der Waals surface area contributed by atoms with Gasteiger partial charge in [-0.2, -0.15) is 0 Å². The molecule has 0 aromatic carbocycles. The van der Waals surface area contributed by atoms with Crippen molar-refractivity contribution >= 4 is 17.4 Å². The van der Waals surface area contributed by atoms with Crippen molar-refractivity contribution in [2.24, 2.45) is 0 Å². The molecule has 0 atom stereocenters. The van der Waals surface area contributed by atoms with E-state index < -0.39 is 8.32 Å². The minimum atomic E-state index is -2.30. The zero-order valence-electron chi connectivity index (χ0n) is 18.2. The van der Waals surface area contributed by atoms with Crippen molar-refractivity contribution in [2.75, 3.05) is 21.3 Å². The standard InChI is InChI=1S/C21H46O3Si2/c1-5-6-7-8-9-10-11-12-13-14-15-16-17-18-19-20-21-25-26(22-2,23-3)24-4/h5-21H2,1-4H3. The smallest absolute Gasteiger partial charge is 0.380 e. The summed E-state index contributed by atoms with van der Waals surface area (Å²) >= 11 is 0. The summed E-state index contributed by atoms with van der Waals surface area (Å²) in [6.45, 7) is 2.29. The van der Waals surface area contributed by atoms with Crippen LogP contribution in [-0.4, -0.2) is 38.7 Å². The zero-order chi connectivity index (χ0) is 19.3. The van der Waals surface area contributed by atoms with E-state index in [-0.39, 0.29) is 0 Å². The lowest BCUT2D eigenvalue weighted by atomic mass is 10.0. The van der Waals surface area contributed by atoms with Crippen LogP contribution in [0.25, 0.3) is 0 Å². The van der Waals surface area contributed by atoms with Gasteiger partial charge in [-0.05, 0) is 0 Å². The first-order valence-corrected chi connectivity index (χ1v) is 15.1. The molecule has 0 aliphatic heterocycles. The number of hydrogen-bond acceptors (Lipinski definition) is 3. The second-order valence-corrected chi connectivity index (χ2v) is 13.5. The Morgan fingerprint density at radius 2 is 0.808 bits per heavy atom. The predicted molar refractivity (Wildman–Crippen MR) is 117 cm³/mol. The molecule has 0 fully saturated rings. The van der Waals surface area contributed by atoms with E-state index in [9.17, 15) is 0 Å². The Morgan fingerprint density at radius 1 is 0.500 bits per heavy atom. The molecule has 0 saturated heterocycles. The van der Waals surface area contributed by atoms with Gasteiger partial charge in [0.25, 0.3) is 0 Å². The maximum atomic E-state index is 5.47. The number of unbranched alkanes of at least 4 members (excludes halogenated alkanes) is 15. The van der Waals surface area contributed by atoms with Crippen molar-refractivity contribution in [3.05, 3.63) is 0 Å². The molecule has 5 heteroatoms. The molecule has 0 amide bonds. The van der Waals surface area contributed by atoms with Crippen LogP contribution in [0.15, 0.2) is 0 Å². The molecule has 2 radical (unpaired) electrons. The molecule has 0 spiro atoms. The summed E-state index contributed by atoms with van der Waals surface area (Å²) in [7, 11) is 3.50. The van der Waals surface area contributed by atoms with E-state index in [2.05, 4.69) is 6.92 Å². The van der Waals surface area contributed by atoms with Gasteiger partial charge in [-0.15, -0.1) is 0 Å². The summed E-state index contributed by atoms with van der Waals surface area (Å²) in [6.07, 6.45) is 22.7. The molecule has 0 heterocycles. The highest BCUT2D eigenvalue weighted by molar-refractivity contribution is 7.14. The van der Waals surface area contributed by atoms with Gasteiger partial charge in [0.1, 0.15) is 9.04 Å². The van der Waals surface area contributed by atoms with E-state index in [1.807, 2.05) is 0 Å². The maximum absolute atomic E-state index is 5.47. The second kappa shape index (κ2) is 20.1. The third-order valence-electron chi connectivity index (χ3n) is 5.18. The molecule has 0 aliphatic rings. The van der Waals surface area contributed by atoms with Gasteiger partial charge in [0.15, 0.2) is 0 Å². The van der Waals surface area contributed by atoms with Crippen molar-refractivity contribution < 1.29 is 13.3 Å². The lowest BCUT2D eigenvalue weighted by molar-refractivity contribution is 0.148. The van der Waals surface area contributed by atoms with Crippen LogP contribution in [0.3, 0.4) is 0 Å². The summed E-state index contributed by atoms with van der Waals surface area (Å²) in [5, 5.41) is 0. The zero-order valence-corrected chi connectivity index (χ0v) is 20.2. The highest BCUT2D eigenvalue weighted by Gasteiger charge is 2.36. The van der Waals surface area contributed by atoms with Crippen molar-refractivity contribution in [3.63, 3.8) is 0 Å². The topological polar surface area (TPSA) is 27.7 Å². The number of hydrogen-bond donors (Lipinski definition) is 0. The Morgan fingerprint density at radius 3 is 1.12 bits per heavy atom. The van der Waals surface area contributed by atoms with Crippen LogP contribution in [0.4, 0.5) is 0 Å². The second-order valence-electron chi connectivity index (χ2n) is 7.40. The molecule has 3 nitrogen and oxygen atoms in total. The fourth-order valence-electron chi connectivity index (χ4n) is 3.38. The molecule has 0 aromatic rings. The van der Waals surface area contributed by atoms with Crippen LogP contribution < -0.4 is 0 Å². The van der Waals surface area contributed by atoms with E-state index in [1.54, 1.807) is 21.3 Å². The molecule has 0 bridgehead atoms. The molecular weight excluding hydrogens is 356 g/mol. The Hall–Kier alpha value is 0.314. The van der Waals surface area contributed by atoms with Crippen molar-refractivity contribution in [2.45, 2.75) is 116 Å². The average molecular weight is 403 g/mol. The van der Waals surface area contributed by atoms with Gasteiger partial charge in [-0.1, -0.05) is 116 Å². The van der Waals surface area contributed by atoms with Gasteiger partial charge in [-0.3, -0.25) is 0 Å². The highest BCUT2D eigenvalue weighted by Crippen LogP contribution is 2.15. The third-order valence-corrected chi connectivity index (χ3v) is 11.7. The largest absolute Gasteiger partial charge is 0.463 e. The summed E-state index contributed by atoms with van der Waals surface area (Å²) in [5.41, 5.74) is 0. The fourth-order valence-corrected chi connectivity index (χ4v) is 7.79. The predicted octanol–water partition coefficient (Wildman–Crippen LogP) is 6.75. The first-order chi connectivity index (χ1) is 12.7. The minimum absolute atomic E-state index is 0.677. The number of rotatable bonds is 21. The van der Waals surface area contributed by atoms with Crippen LogP contribution >= 0.6 is 0 Å². The van der Waals surface area contributed by atoms with E-state index >= 15 is 0 Å². The quantitative estimate of drug-likeness (QED) is 0.157. The molecule has 26 heavy (non-hydrogen) atoms. The molecule has 0 N–H and O–H groups in total. The Balaban J connectivity index is 3.20. The Labute approximate surface area is 167 Å². The molecule has 0 saturated carbocycles. The van der Waals surface area contributed by atoms with E-state index in [0.29, 0.717) is 9.04 Å². The van der Waals surface area contributed by atoms with Crippen LogP contribution in [0.2, 0.25) is 6.04 Å². The van der Waals surface area contributed by atoms with E-state index in [4.69, 9.17) is 13.3 Å². The summed E-state index contributed by atoms with van der Waals surface area (Å²) in [4.78, 5) is 0. The Kier molecular flexibility index (Phi) is 20.3. The molecule has 0 rings (SSSR count). The first-order valence-electron chi connectivity index (χ1n) is 11.1. The van der Waals surface area contributed by atoms with Crippen LogP contribution in [0.5, 0.6) is 0 Å². The summed E-state index contributed by atoms with van der Waals surface area (Å²) in [6, 6.07) is 1.18. The minimum Gasteiger partial charge on any atom is -0.380 e. The molecule has 156 valence electrons. The normalized spacial score (nSPS) is 12.0. The van der Waals surface area contributed by atoms with E-state index in [0.717, 1.165) is 0 Å². The van der Waals surface area contributed by atoms with Gasteiger partial charge in [0.05, 0.1) is 0 Å². The monoisotopic (exact) mass is 402 g/mol. The van der Waals surface area contributed by atoms with Gasteiger partial charge in [-0.25, -0.2) is 0 Å². The summed E-state index contributed by atoms with van der Waals surface area (Å²) in [5.74, 6) is 0. The highest BCUT2D eigenvalue weighted by atomic mass is 29.2. The maximum Gasteiger partial charge on any atom is 0.463 e. The SMILES string of the molecule is CCCCCCCCCCCCCCCCCC[Si][Si](OC)(OC)OC.